The minimum Gasteiger partial charge on any atom is -0.495 e. The van der Waals surface area contributed by atoms with Crippen LogP contribution in [0.4, 0.5) is 5.69 Å². The van der Waals surface area contributed by atoms with Crippen molar-refractivity contribution >= 4 is 46.3 Å². The number of nitrogens with zero attached hydrogens (tertiary/aromatic N) is 1. The Morgan fingerprint density at radius 2 is 1.70 bits per heavy atom. The highest BCUT2D eigenvalue weighted by Crippen LogP contribution is 2.37. The Bertz CT molecular complexity index is 922. The van der Waals surface area contributed by atoms with Crippen molar-refractivity contribution in [1.29, 1.82) is 0 Å². The van der Waals surface area contributed by atoms with Crippen molar-refractivity contribution in [3.8, 4) is 11.5 Å². The van der Waals surface area contributed by atoms with Crippen LogP contribution in [-0.2, 0) is 9.59 Å². The Hall–Kier alpha value is -2.50. The van der Waals surface area contributed by atoms with Gasteiger partial charge in [-0.05, 0) is 42.3 Å². The number of anilines is 1. The van der Waals surface area contributed by atoms with Gasteiger partial charge >= 0.3 is 0 Å². The average Bonchev–Trinajstić information content (AvgIpc) is 2.89. The molecule has 1 aliphatic rings. The van der Waals surface area contributed by atoms with Gasteiger partial charge in [0.1, 0.15) is 16.5 Å². The van der Waals surface area contributed by atoms with Gasteiger partial charge in [-0.15, -0.1) is 0 Å². The molecule has 0 unspecified atom stereocenters. The fourth-order valence-corrected chi connectivity index (χ4v) is 3.25. The Morgan fingerprint density at radius 3 is 2.30 bits per heavy atom. The highest BCUT2D eigenvalue weighted by atomic mass is 35.5. The summed E-state index contributed by atoms with van der Waals surface area (Å²) in [7, 11) is 1.48. The molecule has 2 aromatic rings. The molecule has 27 heavy (non-hydrogen) atoms. The number of carbonyl (C=O) groups excluding carboxylic acids is 2. The van der Waals surface area contributed by atoms with Crippen LogP contribution in [0.15, 0.2) is 47.5 Å². The van der Waals surface area contributed by atoms with Crippen molar-refractivity contribution in [1.82, 2.24) is 0 Å². The number of amides is 2. The number of halogens is 2. The molecule has 0 spiro atoms. The zero-order valence-corrected chi connectivity index (χ0v) is 16.3. The van der Waals surface area contributed by atoms with Crippen LogP contribution >= 0.6 is 23.2 Å². The van der Waals surface area contributed by atoms with Gasteiger partial charge in [-0.2, -0.15) is 0 Å². The van der Waals surface area contributed by atoms with Gasteiger partial charge in [0, 0.05) is 0 Å². The summed E-state index contributed by atoms with van der Waals surface area (Å²) >= 11 is 12.3. The molecular weight excluding hydrogens is 389 g/mol. The third-order valence-corrected chi connectivity index (χ3v) is 4.68. The maximum absolute atomic E-state index is 12.9. The number of carbonyl (C=O) groups is 2. The van der Waals surface area contributed by atoms with E-state index in [2.05, 4.69) is 0 Å². The van der Waals surface area contributed by atoms with Gasteiger partial charge < -0.3 is 9.47 Å². The molecule has 0 radical (unpaired) electrons. The molecule has 0 bridgehead atoms. The van der Waals surface area contributed by atoms with E-state index in [1.165, 1.54) is 13.2 Å². The van der Waals surface area contributed by atoms with Gasteiger partial charge in [0.05, 0.1) is 30.0 Å². The largest absolute Gasteiger partial charge is 0.495 e. The highest BCUT2D eigenvalue weighted by Gasteiger charge is 2.39. The Morgan fingerprint density at radius 1 is 1.00 bits per heavy atom. The number of imide groups is 1. The molecule has 2 aromatic carbocycles. The summed E-state index contributed by atoms with van der Waals surface area (Å²) in [6.07, 6.45) is 0.894. The van der Waals surface area contributed by atoms with E-state index in [-0.39, 0.29) is 15.6 Å². The maximum Gasteiger partial charge on any atom is 0.277 e. The Labute approximate surface area is 167 Å². The van der Waals surface area contributed by atoms with Crippen molar-refractivity contribution in [3.63, 3.8) is 0 Å². The molecule has 2 amide bonds. The molecule has 0 aliphatic carbocycles. The Balaban J connectivity index is 1.91. The molecule has 0 aromatic heterocycles. The minimum absolute atomic E-state index is 0.130. The molecule has 7 heteroatoms. The van der Waals surface area contributed by atoms with Crippen LogP contribution in [0.2, 0.25) is 5.02 Å². The summed E-state index contributed by atoms with van der Waals surface area (Å²) in [5.41, 5.74) is 1.02. The van der Waals surface area contributed by atoms with Crippen molar-refractivity contribution in [2.45, 2.75) is 13.3 Å². The number of rotatable bonds is 6. The van der Waals surface area contributed by atoms with E-state index in [0.29, 0.717) is 29.4 Å². The van der Waals surface area contributed by atoms with Gasteiger partial charge in [-0.3, -0.25) is 9.59 Å². The maximum atomic E-state index is 12.9. The molecule has 1 heterocycles. The van der Waals surface area contributed by atoms with Crippen molar-refractivity contribution < 1.29 is 19.1 Å². The third kappa shape index (κ3) is 3.66. The molecular formula is C20H17Cl2NO4. The lowest BCUT2D eigenvalue weighted by Crippen LogP contribution is -2.31. The van der Waals surface area contributed by atoms with E-state index >= 15 is 0 Å². The molecule has 0 saturated carbocycles. The van der Waals surface area contributed by atoms with Crippen LogP contribution in [0.5, 0.6) is 11.5 Å². The highest BCUT2D eigenvalue weighted by molar-refractivity contribution is 6.60. The second-order valence-corrected chi connectivity index (χ2v) is 6.61. The lowest BCUT2D eigenvalue weighted by Gasteiger charge is -2.16. The number of ether oxygens (including phenoxy) is 2. The fraction of sp³-hybridized carbons (Fsp3) is 0.200. The molecule has 5 nitrogen and oxygen atoms in total. The smallest absolute Gasteiger partial charge is 0.277 e. The van der Waals surface area contributed by atoms with Gasteiger partial charge in [0.25, 0.3) is 11.8 Å². The van der Waals surface area contributed by atoms with Gasteiger partial charge in [-0.25, -0.2) is 4.90 Å². The van der Waals surface area contributed by atoms with Crippen molar-refractivity contribution in [2.24, 2.45) is 0 Å². The number of hydrogen-bond acceptors (Lipinski definition) is 4. The second-order valence-electron chi connectivity index (χ2n) is 5.83. The van der Waals surface area contributed by atoms with Crippen LogP contribution in [0, 0.1) is 0 Å². The van der Waals surface area contributed by atoms with E-state index in [1.807, 2.05) is 6.92 Å². The standard InChI is InChI=1S/C20H17Cl2NO4/c1-3-10-27-14-7-4-12(5-8-14)17-18(22)20(25)23(19(17)24)13-6-9-16(26-2)15(21)11-13/h4-9,11H,3,10H2,1-2H3. The topological polar surface area (TPSA) is 55.8 Å². The third-order valence-electron chi connectivity index (χ3n) is 4.04. The van der Waals surface area contributed by atoms with Crippen LogP contribution in [0.1, 0.15) is 18.9 Å². The fourth-order valence-electron chi connectivity index (χ4n) is 2.72. The first-order valence-electron chi connectivity index (χ1n) is 8.33. The number of hydrogen-bond donors (Lipinski definition) is 0. The molecule has 0 fully saturated rings. The van der Waals surface area contributed by atoms with Gasteiger partial charge in [0.15, 0.2) is 0 Å². The minimum atomic E-state index is -0.593. The lowest BCUT2D eigenvalue weighted by atomic mass is 10.1. The molecule has 1 aliphatic heterocycles. The summed E-state index contributed by atoms with van der Waals surface area (Å²) in [6, 6.07) is 11.6. The number of benzene rings is 2. The van der Waals surface area contributed by atoms with E-state index < -0.39 is 11.8 Å². The van der Waals surface area contributed by atoms with E-state index in [0.717, 1.165) is 11.3 Å². The van der Waals surface area contributed by atoms with Crippen LogP contribution in [0.3, 0.4) is 0 Å². The first kappa shape index (κ1) is 19.3. The van der Waals surface area contributed by atoms with Gasteiger partial charge in [0.2, 0.25) is 0 Å². The lowest BCUT2D eigenvalue weighted by molar-refractivity contribution is -0.119. The van der Waals surface area contributed by atoms with Crippen LogP contribution in [0.25, 0.3) is 5.57 Å². The summed E-state index contributed by atoms with van der Waals surface area (Å²) in [4.78, 5) is 26.5. The van der Waals surface area contributed by atoms with Crippen LogP contribution in [-0.4, -0.2) is 25.5 Å². The second kappa shape index (κ2) is 8.03. The summed E-state index contributed by atoms with van der Waals surface area (Å²) < 4.78 is 10.6. The van der Waals surface area contributed by atoms with E-state index in [4.69, 9.17) is 32.7 Å². The normalized spacial score (nSPS) is 14.1. The summed E-state index contributed by atoms with van der Waals surface area (Å²) in [5.74, 6) is 0.0343. The van der Waals surface area contributed by atoms with Crippen molar-refractivity contribution in [3.05, 3.63) is 58.1 Å². The first-order valence-corrected chi connectivity index (χ1v) is 9.08. The summed E-state index contributed by atoms with van der Waals surface area (Å²) in [6.45, 7) is 2.62. The summed E-state index contributed by atoms with van der Waals surface area (Å²) in [5, 5.41) is 0.159. The van der Waals surface area contributed by atoms with E-state index in [9.17, 15) is 9.59 Å². The zero-order chi connectivity index (χ0) is 19.6. The average molecular weight is 406 g/mol. The quantitative estimate of drug-likeness (QED) is 0.655. The SMILES string of the molecule is CCCOc1ccc(C2=C(Cl)C(=O)N(c3ccc(OC)c(Cl)c3)C2=O)cc1. The van der Waals surface area contributed by atoms with Crippen LogP contribution < -0.4 is 14.4 Å². The molecule has 0 N–H and O–H groups in total. The van der Waals surface area contributed by atoms with E-state index in [1.54, 1.807) is 36.4 Å². The first-order chi connectivity index (χ1) is 13.0. The molecule has 0 atom stereocenters. The Kier molecular flexibility index (Phi) is 5.73. The number of methoxy groups -OCH3 is 1. The zero-order valence-electron chi connectivity index (χ0n) is 14.8. The van der Waals surface area contributed by atoms with Crippen molar-refractivity contribution in [2.75, 3.05) is 18.6 Å². The van der Waals surface area contributed by atoms with Gasteiger partial charge in [-0.1, -0.05) is 42.3 Å². The molecule has 140 valence electrons. The molecule has 3 rings (SSSR count). The predicted molar refractivity (Wildman–Crippen MR) is 105 cm³/mol. The molecule has 0 saturated heterocycles. The monoisotopic (exact) mass is 405 g/mol. The predicted octanol–water partition coefficient (Wildman–Crippen LogP) is 4.66.